The van der Waals surface area contributed by atoms with Gasteiger partial charge in [-0.2, -0.15) is 12.6 Å². The van der Waals surface area contributed by atoms with Crippen LogP contribution in [0.2, 0.25) is 0 Å². The molecule has 0 aromatic heterocycles. The first-order chi connectivity index (χ1) is 3.62. The van der Waals surface area contributed by atoms with Gasteiger partial charge in [-0.25, -0.2) is 0 Å². The smallest absolute Gasteiger partial charge is 0.0111 e. The van der Waals surface area contributed by atoms with Crippen LogP contribution in [0.15, 0.2) is 0 Å². The van der Waals surface area contributed by atoms with Gasteiger partial charge in [0.15, 0.2) is 0 Å². The maximum Gasteiger partial charge on any atom is 0.0111 e. The summed E-state index contributed by atoms with van der Waals surface area (Å²) in [7, 11) is 0. The summed E-state index contributed by atoms with van der Waals surface area (Å²) in [5, 5.41) is 0. The molecule has 2 N–H and O–H groups in total. The van der Waals surface area contributed by atoms with Crippen LogP contribution in [0.4, 0.5) is 0 Å². The third kappa shape index (κ3) is 3.33. The molecular weight excluding hydrogens is 118 g/mol. The van der Waals surface area contributed by atoms with Crippen LogP contribution in [0.1, 0.15) is 26.7 Å². The number of hydrogen-bond donors (Lipinski definition) is 2. The standard InChI is InChI=1S/C6H15NS/c1-3-6(2,8)4-5-7/h8H,3-5,7H2,1-2H3. The van der Waals surface area contributed by atoms with E-state index in [0.29, 0.717) is 0 Å². The van der Waals surface area contributed by atoms with E-state index in [4.69, 9.17) is 5.73 Å². The predicted octanol–water partition coefficient (Wildman–Crippen LogP) is 1.43. The van der Waals surface area contributed by atoms with E-state index in [0.717, 1.165) is 19.4 Å². The molecule has 0 bridgehead atoms. The molecule has 0 radical (unpaired) electrons. The fourth-order valence-corrected chi connectivity index (χ4v) is 0.617. The number of rotatable bonds is 3. The lowest BCUT2D eigenvalue weighted by molar-refractivity contribution is 0.581. The molecule has 0 aromatic rings. The van der Waals surface area contributed by atoms with Crippen LogP contribution in [0, 0.1) is 0 Å². The maximum atomic E-state index is 5.34. The number of nitrogens with two attached hydrogens (primary N) is 1. The average molecular weight is 133 g/mol. The fourth-order valence-electron chi connectivity index (χ4n) is 0.488. The van der Waals surface area contributed by atoms with Crippen LogP contribution < -0.4 is 5.73 Å². The second kappa shape index (κ2) is 3.36. The summed E-state index contributed by atoms with van der Waals surface area (Å²) >= 11 is 4.39. The Bertz CT molecular complexity index is 61.5. The van der Waals surface area contributed by atoms with Crippen molar-refractivity contribution in [2.24, 2.45) is 5.73 Å². The molecule has 0 heterocycles. The highest BCUT2D eigenvalue weighted by atomic mass is 32.1. The van der Waals surface area contributed by atoms with Crippen molar-refractivity contribution in [3.05, 3.63) is 0 Å². The van der Waals surface area contributed by atoms with Gasteiger partial charge in [-0.05, 0) is 19.4 Å². The minimum absolute atomic E-state index is 0.161. The van der Waals surface area contributed by atoms with Gasteiger partial charge in [-0.1, -0.05) is 13.8 Å². The molecule has 0 aromatic carbocycles. The molecule has 0 amide bonds. The Morgan fingerprint density at radius 2 is 2.12 bits per heavy atom. The Labute approximate surface area is 57.1 Å². The zero-order valence-electron chi connectivity index (χ0n) is 5.65. The summed E-state index contributed by atoms with van der Waals surface area (Å²) in [5.41, 5.74) is 5.34. The van der Waals surface area contributed by atoms with Crippen molar-refractivity contribution in [2.75, 3.05) is 6.54 Å². The summed E-state index contributed by atoms with van der Waals surface area (Å²) in [6, 6.07) is 0. The predicted molar refractivity (Wildman–Crippen MR) is 41.4 cm³/mol. The molecule has 0 fully saturated rings. The van der Waals surface area contributed by atoms with Crippen LogP contribution in [-0.4, -0.2) is 11.3 Å². The molecule has 0 aliphatic carbocycles. The minimum Gasteiger partial charge on any atom is -0.330 e. The molecule has 2 heteroatoms. The number of hydrogen-bond acceptors (Lipinski definition) is 2. The Balaban J connectivity index is 3.37. The van der Waals surface area contributed by atoms with E-state index < -0.39 is 0 Å². The zero-order valence-corrected chi connectivity index (χ0v) is 6.54. The van der Waals surface area contributed by atoms with Gasteiger partial charge in [0, 0.05) is 4.75 Å². The quantitative estimate of drug-likeness (QED) is 0.560. The highest BCUT2D eigenvalue weighted by Gasteiger charge is 2.13. The first kappa shape index (κ1) is 8.31. The second-order valence-electron chi connectivity index (χ2n) is 2.39. The molecule has 1 atom stereocenters. The van der Waals surface area contributed by atoms with Gasteiger partial charge in [0.2, 0.25) is 0 Å². The van der Waals surface area contributed by atoms with E-state index in [9.17, 15) is 0 Å². The molecule has 1 nitrogen and oxygen atoms in total. The first-order valence-electron chi connectivity index (χ1n) is 3.05. The average Bonchev–Trinajstić information content (AvgIpc) is 1.67. The van der Waals surface area contributed by atoms with Gasteiger partial charge in [-0.15, -0.1) is 0 Å². The van der Waals surface area contributed by atoms with Crippen molar-refractivity contribution in [3.63, 3.8) is 0 Å². The lowest BCUT2D eigenvalue weighted by atomic mass is 10.0. The molecule has 50 valence electrons. The van der Waals surface area contributed by atoms with E-state index in [1.807, 2.05) is 0 Å². The third-order valence-corrected chi connectivity index (χ3v) is 1.98. The van der Waals surface area contributed by atoms with Gasteiger partial charge in [0.05, 0.1) is 0 Å². The lowest BCUT2D eigenvalue weighted by Crippen LogP contribution is -2.19. The molecular formula is C6H15NS. The van der Waals surface area contributed by atoms with Crippen molar-refractivity contribution in [1.29, 1.82) is 0 Å². The van der Waals surface area contributed by atoms with Crippen molar-refractivity contribution in [2.45, 2.75) is 31.4 Å². The van der Waals surface area contributed by atoms with Gasteiger partial charge in [0.1, 0.15) is 0 Å². The normalized spacial score (nSPS) is 18.0. The lowest BCUT2D eigenvalue weighted by Gasteiger charge is -2.19. The fraction of sp³-hybridized carbons (Fsp3) is 1.00. The minimum atomic E-state index is 0.161. The Kier molecular flexibility index (Phi) is 3.49. The van der Waals surface area contributed by atoms with Gasteiger partial charge in [-0.3, -0.25) is 0 Å². The van der Waals surface area contributed by atoms with Crippen molar-refractivity contribution >= 4 is 12.6 Å². The first-order valence-corrected chi connectivity index (χ1v) is 3.49. The Morgan fingerprint density at radius 1 is 1.62 bits per heavy atom. The molecule has 0 aliphatic heterocycles. The molecule has 0 spiro atoms. The van der Waals surface area contributed by atoms with Crippen LogP contribution >= 0.6 is 12.6 Å². The second-order valence-corrected chi connectivity index (χ2v) is 3.47. The zero-order chi connectivity index (χ0) is 6.62. The van der Waals surface area contributed by atoms with Crippen LogP contribution in [-0.2, 0) is 0 Å². The van der Waals surface area contributed by atoms with E-state index in [2.05, 4.69) is 26.5 Å². The van der Waals surface area contributed by atoms with Crippen LogP contribution in [0.5, 0.6) is 0 Å². The molecule has 0 aliphatic rings. The van der Waals surface area contributed by atoms with E-state index in [-0.39, 0.29) is 4.75 Å². The van der Waals surface area contributed by atoms with Crippen molar-refractivity contribution < 1.29 is 0 Å². The number of thiol groups is 1. The highest BCUT2D eigenvalue weighted by molar-refractivity contribution is 7.81. The Hall–Kier alpha value is 0.310. The molecule has 0 rings (SSSR count). The largest absolute Gasteiger partial charge is 0.330 e. The topological polar surface area (TPSA) is 26.0 Å². The van der Waals surface area contributed by atoms with Gasteiger partial charge >= 0.3 is 0 Å². The highest BCUT2D eigenvalue weighted by Crippen LogP contribution is 2.20. The monoisotopic (exact) mass is 133 g/mol. The van der Waals surface area contributed by atoms with E-state index in [1.165, 1.54) is 0 Å². The maximum absolute atomic E-state index is 5.34. The van der Waals surface area contributed by atoms with Crippen molar-refractivity contribution in [1.82, 2.24) is 0 Å². The molecule has 0 saturated heterocycles. The van der Waals surface area contributed by atoms with Crippen LogP contribution in [0.25, 0.3) is 0 Å². The SMILES string of the molecule is CCC(C)(S)CCN. The summed E-state index contributed by atoms with van der Waals surface area (Å²) < 4.78 is 0.161. The van der Waals surface area contributed by atoms with E-state index in [1.54, 1.807) is 0 Å². The molecule has 0 saturated carbocycles. The molecule has 8 heavy (non-hydrogen) atoms. The van der Waals surface area contributed by atoms with Gasteiger partial charge < -0.3 is 5.73 Å². The Morgan fingerprint density at radius 3 is 2.25 bits per heavy atom. The summed E-state index contributed by atoms with van der Waals surface area (Å²) in [4.78, 5) is 0. The molecule has 1 unspecified atom stereocenters. The summed E-state index contributed by atoms with van der Waals surface area (Å²) in [6.07, 6.45) is 2.10. The summed E-state index contributed by atoms with van der Waals surface area (Å²) in [5.74, 6) is 0. The van der Waals surface area contributed by atoms with Crippen LogP contribution in [0.3, 0.4) is 0 Å². The van der Waals surface area contributed by atoms with Crippen molar-refractivity contribution in [3.8, 4) is 0 Å². The summed E-state index contributed by atoms with van der Waals surface area (Å²) in [6.45, 7) is 4.99. The third-order valence-electron chi connectivity index (χ3n) is 1.44. The van der Waals surface area contributed by atoms with Gasteiger partial charge in [0.25, 0.3) is 0 Å². The van der Waals surface area contributed by atoms with E-state index >= 15 is 0 Å².